The van der Waals surface area contributed by atoms with Gasteiger partial charge in [-0.1, -0.05) is 160 Å². The van der Waals surface area contributed by atoms with Gasteiger partial charge in [0.05, 0.1) is 0 Å². The maximum absolute atomic E-state index is 12.5. The summed E-state index contributed by atoms with van der Waals surface area (Å²) in [4.78, 5) is 0.135. The zero-order chi connectivity index (χ0) is 27.5. The normalized spacial score (nSPS) is 12.0. The summed E-state index contributed by atoms with van der Waals surface area (Å²) in [6.45, 7) is 4.51. The summed E-state index contributed by atoms with van der Waals surface area (Å²) in [6, 6.07) is 9.96. The maximum Gasteiger partial charge on any atom is 0.295 e. The molecule has 1 N–H and O–H groups in total. The van der Waals surface area contributed by atoms with E-state index in [2.05, 4.69) is 26.0 Å². The molecule has 0 heterocycles. The fraction of sp³-hybridized carbons (Fsp3) is 0.706. The third-order valence-corrected chi connectivity index (χ3v) is 9.04. The fourth-order valence-electron chi connectivity index (χ4n) is 5.77. The van der Waals surface area contributed by atoms with Crippen LogP contribution in [0.1, 0.15) is 153 Å². The Hall–Kier alpha value is -1.39. The average molecular weight is 545 g/mol. The van der Waals surface area contributed by atoms with Crippen molar-refractivity contribution in [1.29, 1.82) is 0 Å². The molecule has 2 aromatic carbocycles. The topological polar surface area (TPSA) is 54.4 Å². The Kier molecular flexibility index (Phi) is 17.0. The Morgan fingerprint density at radius 3 is 1.37 bits per heavy atom. The van der Waals surface area contributed by atoms with Gasteiger partial charge in [0.1, 0.15) is 4.90 Å². The number of fused-ring (bicyclic) bond motifs is 1. The lowest BCUT2D eigenvalue weighted by atomic mass is 9.96. The van der Waals surface area contributed by atoms with Gasteiger partial charge < -0.3 is 0 Å². The van der Waals surface area contributed by atoms with Crippen molar-refractivity contribution >= 4 is 20.9 Å². The zero-order valence-corrected chi connectivity index (χ0v) is 25.4. The first-order valence-electron chi connectivity index (χ1n) is 16.0. The minimum atomic E-state index is -4.28. The first kappa shape index (κ1) is 32.8. The van der Waals surface area contributed by atoms with Crippen molar-refractivity contribution in [3.8, 4) is 0 Å². The molecule has 0 amide bonds. The molecule has 0 unspecified atom stereocenters. The van der Waals surface area contributed by atoms with Crippen LogP contribution in [0.25, 0.3) is 10.8 Å². The Morgan fingerprint density at radius 1 is 0.500 bits per heavy atom. The Morgan fingerprint density at radius 2 is 0.921 bits per heavy atom. The molecule has 2 rings (SSSR count). The van der Waals surface area contributed by atoms with Crippen LogP contribution < -0.4 is 0 Å². The standard InChI is InChI=1S/C34H56O3S/c1-3-5-7-9-11-13-15-17-19-21-24-30-26-23-27-33-32(30)29-28-31(34(33)38(35,36)37)25-22-20-18-16-14-12-10-8-6-4-2/h23,26-29H,3-22,24-25H2,1-2H3,(H,35,36,37). The van der Waals surface area contributed by atoms with Gasteiger partial charge in [0.25, 0.3) is 10.1 Å². The summed E-state index contributed by atoms with van der Waals surface area (Å²) in [7, 11) is -4.28. The van der Waals surface area contributed by atoms with Gasteiger partial charge in [-0.15, -0.1) is 0 Å². The van der Waals surface area contributed by atoms with Crippen molar-refractivity contribution in [2.75, 3.05) is 0 Å². The molecule has 0 atom stereocenters. The van der Waals surface area contributed by atoms with Gasteiger partial charge in [0, 0.05) is 5.39 Å². The highest BCUT2D eigenvalue weighted by Crippen LogP contribution is 2.31. The highest BCUT2D eigenvalue weighted by molar-refractivity contribution is 7.86. The van der Waals surface area contributed by atoms with Crippen LogP contribution in [0.4, 0.5) is 0 Å². The Balaban J connectivity index is 1.85. The SMILES string of the molecule is CCCCCCCCCCCCc1ccc2c(CCCCCCCCCCCC)cccc2c1S(=O)(=O)O. The highest BCUT2D eigenvalue weighted by Gasteiger charge is 2.20. The molecule has 0 saturated carbocycles. The maximum atomic E-state index is 12.5. The highest BCUT2D eigenvalue weighted by atomic mass is 32.2. The summed E-state index contributed by atoms with van der Waals surface area (Å²) in [5, 5.41) is 1.66. The van der Waals surface area contributed by atoms with Crippen LogP contribution in [-0.2, 0) is 23.0 Å². The van der Waals surface area contributed by atoms with E-state index in [1.165, 1.54) is 115 Å². The van der Waals surface area contributed by atoms with Gasteiger partial charge in [-0.3, -0.25) is 4.55 Å². The number of rotatable bonds is 23. The molecule has 3 nitrogen and oxygen atoms in total. The van der Waals surface area contributed by atoms with Crippen LogP contribution in [0.2, 0.25) is 0 Å². The van der Waals surface area contributed by atoms with Crippen LogP contribution in [0.15, 0.2) is 35.2 Å². The molecule has 216 valence electrons. The third-order valence-electron chi connectivity index (χ3n) is 8.04. The lowest BCUT2D eigenvalue weighted by molar-refractivity contribution is 0.482. The smallest absolute Gasteiger partial charge is 0.282 e. The summed E-state index contributed by atoms with van der Waals surface area (Å²) >= 11 is 0. The van der Waals surface area contributed by atoms with Crippen molar-refractivity contribution in [1.82, 2.24) is 0 Å². The van der Waals surface area contributed by atoms with Gasteiger partial charge in [0.15, 0.2) is 0 Å². The van der Waals surface area contributed by atoms with Crippen LogP contribution in [0.5, 0.6) is 0 Å². The number of aryl methyl sites for hydroxylation is 2. The van der Waals surface area contributed by atoms with E-state index in [0.717, 1.165) is 36.6 Å². The van der Waals surface area contributed by atoms with Gasteiger partial charge in [-0.05, 0) is 42.2 Å². The molecule has 0 aliphatic carbocycles. The second kappa shape index (κ2) is 19.6. The predicted molar refractivity (Wildman–Crippen MR) is 165 cm³/mol. The van der Waals surface area contributed by atoms with Gasteiger partial charge in [-0.25, -0.2) is 0 Å². The number of hydrogen-bond donors (Lipinski definition) is 1. The van der Waals surface area contributed by atoms with Crippen LogP contribution in [0.3, 0.4) is 0 Å². The molecule has 38 heavy (non-hydrogen) atoms. The second-order valence-electron chi connectivity index (χ2n) is 11.4. The van der Waals surface area contributed by atoms with Crippen LogP contribution >= 0.6 is 0 Å². The number of hydrogen-bond acceptors (Lipinski definition) is 2. The van der Waals surface area contributed by atoms with Gasteiger partial charge in [0.2, 0.25) is 0 Å². The Labute approximate surface area is 235 Å². The van der Waals surface area contributed by atoms with Crippen molar-refractivity contribution in [2.45, 2.75) is 160 Å². The molecular formula is C34H56O3S. The quantitative estimate of drug-likeness (QED) is 0.112. The lowest BCUT2D eigenvalue weighted by Gasteiger charge is -2.14. The number of benzene rings is 2. The lowest BCUT2D eigenvalue weighted by Crippen LogP contribution is -2.05. The largest absolute Gasteiger partial charge is 0.295 e. The average Bonchev–Trinajstić information content (AvgIpc) is 2.89. The van der Waals surface area contributed by atoms with E-state index in [0.29, 0.717) is 11.8 Å². The minimum absolute atomic E-state index is 0.135. The Bertz CT molecular complexity index is 996. The first-order valence-corrected chi connectivity index (χ1v) is 17.4. The molecule has 0 saturated heterocycles. The molecule has 0 aliphatic rings. The van der Waals surface area contributed by atoms with E-state index in [9.17, 15) is 13.0 Å². The molecule has 0 fully saturated rings. The molecule has 4 heteroatoms. The molecule has 0 spiro atoms. The van der Waals surface area contributed by atoms with E-state index < -0.39 is 10.1 Å². The summed E-state index contributed by atoms with van der Waals surface area (Å²) in [5.41, 5.74) is 1.95. The monoisotopic (exact) mass is 544 g/mol. The fourth-order valence-corrected chi connectivity index (χ4v) is 6.72. The minimum Gasteiger partial charge on any atom is -0.282 e. The van der Waals surface area contributed by atoms with Gasteiger partial charge in [-0.2, -0.15) is 8.42 Å². The first-order chi connectivity index (χ1) is 18.5. The van der Waals surface area contributed by atoms with Crippen LogP contribution in [0, 0.1) is 0 Å². The molecular weight excluding hydrogens is 488 g/mol. The van der Waals surface area contributed by atoms with Crippen molar-refractivity contribution in [3.05, 3.63) is 41.5 Å². The van der Waals surface area contributed by atoms with E-state index in [1.807, 2.05) is 18.2 Å². The second-order valence-corrected chi connectivity index (χ2v) is 12.8. The molecule has 2 aromatic rings. The van der Waals surface area contributed by atoms with Crippen molar-refractivity contribution in [3.63, 3.8) is 0 Å². The summed E-state index contributed by atoms with van der Waals surface area (Å²) in [6.07, 6.45) is 27.2. The van der Waals surface area contributed by atoms with E-state index in [4.69, 9.17) is 0 Å². The van der Waals surface area contributed by atoms with E-state index >= 15 is 0 Å². The zero-order valence-electron chi connectivity index (χ0n) is 24.6. The summed E-state index contributed by atoms with van der Waals surface area (Å²) < 4.78 is 35.1. The molecule has 0 aromatic heterocycles. The molecule has 0 aliphatic heterocycles. The summed E-state index contributed by atoms with van der Waals surface area (Å²) in [5.74, 6) is 0. The predicted octanol–water partition coefficient (Wildman–Crippen LogP) is 11.0. The number of unbranched alkanes of at least 4 members (excludes halogenated alkanes) is 18. The van der Waals surface area contributed by atoms with Crippen LogP contribution in [-0.4, -0.2) is 13.0 Å². The van der Waals surface area contributed by atoms with E-state index in [1.54, 1.807) is 0 Å². The third kappa shape index (κ3) is 12.6. The van der Waals surface area contributed by atoms with Crippen molar-refractivity contribution < 1.29 is 13.0 Å². The molecule has 0 radical (unpaired) electrons. The van der Waals surface area contributed by atoms with E-state index in [-0.39, 0.29) is 4.90 Å². The van der Waals surface area contributed by atoms with Gasteiger partial charge >= 0.3 is 0 Å². The molecule has 0 bridgehead atoms. The van der Waals surface area contributed by atoms with Crippen molar-refractivity contribution in [2.24, 2.45) is 0 Å².